The Morgan fingerprint density at radius 3 is 2.08 bits per heavy atom. The van der Waals surface area contributed by atoms with Crippen LogP contribution in [0.15, 0.2) is 12.1 Å². The van der Waals surface area contributed by atoms with Gasteiger partial charge in [-0.05, 0) is 49.9 Å². The summed E-state index contributed by atoms with van der Waals surface area (Å²) in [5.41, 5.74) is 0.980. The van der Waals surface area contributed by atoms with Crippen LogP contribution in [-0.4, -0.2) is 40.8 Å². The molecule has 0 fully saturated rings. The zero-order valence-electron chi connectivity index (χ0n) is 15.5. The van der Waals surface area contributed by atoms with E-state index >= 15 is 0 Å². The second-order valence-electron chi connectivity index (χ2n) is 6.53. The van der Waals surface area contributed by atoms with Crippen molar-refractivity contribution < 1.29 is 24.5 Å². The molecule has 25 heavy (non-hydrogen) atoms. The smallest absolute Gasteiger partial charge is 0.341 e. The lowest BCUT2D eigenvalue weighted by Crippen LogP contribution is -2.42. The zero-order chi connectivity index (χ0) is 19.0. The summed E-state index contributed by atoms with van der Waals surface area (Å²) in [4.78, 5) is 23.1. The predicted octanol–water partition coefficient (Wildman–Crippen LogP) is 2.83. The van der Waals surface area contributed by atoms with Gasteiger partial charge in [-0.25, -0.2) is 4.79 Å². The molecule has 0 unspecified atom stereocenters. The van der Waals surface area contributed by atoms with E-state index in [4.69, 9.17) is 9.84 Å². The maximum absolute atomic E-state index is 12.4. The van der Waals surface area contributed by atoms with Crippen molar-refractivity contribution in [3.05, 3.63) is 28.8 Å². The lowest BCUT2D eigenvalue weighted by Gasteiger charge is -2.27. The number of rotatable bonds is 10. The summed E-state index contributed by atoms with van der Waals surface area (Å²) in [5.74, 6) is -0.833. The molecule has 3 N–H and O–H groups in total. The van der Waals surface area contributed by atoms with Crippen molar-refractivity contribution in [2.24, 2.45) is 0 Å². The van der Waals surface area contributed by atoms with Crippen LogP contribution in [0, 0.1) is 13.8 Å². The van der Waals surface area contributed by atoms with Gasteiger partial charge in [-0.15, -0.1) is 0 Å². The Hall–Kier alpha value is -2.08. The van der Waals surface area contributed by atoms with Crippen molar-refractivity contribution in [2.75, 3.05) is 13.2 Å². The largest absolute Gasteiger partial charge is 0.481 e. The fourth-order valence-electron chi connectivity index (χ4n) is 3.02. The van der Waals surface area contributed by atoms with Gasteiger partial charge in [0.2, 0.25) is 0 Å². The molecule has 140 valence electrons. The average Bonchev–Trinajstić information content (AvgIpc) is 2.52. The molecule has 0 saturated carbocycles. The molecule has 0 aliphatic heterocycles. The standard InChI is InChI=1S/C19H29NO5/c1-5-7-19(24,8-6-2)12-20-18(23)15-9-13(3)17(14(4)10-15)25-11-16(21)22/h9-10,24H,5-8,11-12H2,1-4H3,(H,20,23)(H,21,22). The Labute approximate surface area is 149 Å². The molecule has 1 rings (SSSR count). The molecule has 1 aromatic carbocycles. The van der Waals surface area contributed by atoms with Gasteiger partial charge in [0.05, 0.1) is 5.60 Å². The summed E-state index contributed by atoms with van der Waals surface area (Å²) in [6.07, 6.45) is 2.97. The van der Waals surface area contributed by atoms with Crippen LogP contribution in [0.1, 0.15) is 61.0 Å². The molecule has 0 saturated heterocycles. The highest BCUT2D eigenvalue weighted by Crippen LogP contribution is 2.25. The Bertz CT molecular complexity index is 583. The molecule has 1 aromatic rings. The van der Waals surface area contributed by atoms with E-state index in [0.29, 0.717) is 35.3 Å². The number of aliphatic hydroxyl groups is 1. The van der Waals surface area contributed by atoms with Crippen LogP contribution in [0.3, 0.4) is 0 Å². The van der Waals surface area contributed by atoms with Crippen LogP contribution in [0.25, 0.3) is 0 Å². The molecule has 6 heteroatoms. The summed E-state index contributed by atoms with van der Waals surface area (Å²) < 4.78 is 5.27. The number of benzene rings is 1. The minimum Gasteiger partial charge on any atom is -0.481 e. The number of carbonyl (C=O) groups is 2. The maximum Gasteiger partial charge on any atom is 0.341 e. The zero-order valence-corrected chi connectivity index (χ0v) is 15.5. The van der Waals surface area contributed by atoms with Crippen LogP contribution in [0.2, 0.25) is 0 Å². The van der Waals surface area contributed by atoms with E-state index in [1.54, 1.807) is 26.0 Å². The first-order chi connectivity index (χ1) is 11.7. The van der Waals surface area contributed by atoms with E-state index in [2.05, 4.69) is 5.32 Å². The first-order valence-electron chi connectivity index (χ1n) is 8.68. The van der Waals surface area contributed by atoms with Gasteiger partial charge in [-0.2, -0.15) is 0 Å². The molecule has 0 heterocycles. The Kier molecular flexibility index (Phi) is 7.90. The number of ether oxygens (including phenoxy) is 1. The summed E-state index contributed by atoms with van der Waals surface area (Å²) >= 11 is 0. The molecular formula is C19H29NO5. The number of aryl methyl sites for hydroxylation is 2. The molecular weight excluding hydrogens is 322 g/mol. The van der Waals surface area contributed by atoms with Crippen molar-refractivity contribution in [3.8, 4) is 5.75 Å². The number of amides is 1. The number of carboxylic acid groups (broad SMARTS) is 1. The number of nitrogens with one attached hydrogen (secondary N) is 1. The van der Waals surface area contributed by atoms with Crippen LogP contribution in [0.5, 0.6) is 5.75 Å². The summed E-state index contributed by atoms with van der Waals surface area (Å²) in [6.45, 7) is 7.34. The van der Waals surface area contributed by atoms with Gasteiger partial charge in [-0.1, -0.05) is 26.7 Å². The lowest BCUT2D eigenvalue weighted by atomic mass is 9.92. The first kappa shape index (κ1) is 21.0. The van der Waals surface area contributed by atoms with E-state index in [0.717, 1.165) is 12.8 Å². The highest BCUT2D eigenvalue weighted by molar-refractivity contribution is 5.95. The van der Waals surface area contributed by atoms with Crippen molar-refractivity contribution in [2.45, 2.75) is 59.0 Å². The third kappa shape index (κ3) is 6.38. The lowest BCUT2D eigenvalue weighted by molar-refractivity contribution is -0.139. The Morgan fingerprint density at radius 1 is 1.12 bits per heavy atom. The minimum absolute atomic E-state index is 0.211. The molecule has 0 aliphatic carbocycles. The summed E-state index contributed by atoms with van der Waals surface area (Å²) in [7, 11) is 0. The van der Waals surface area contributed by atoms with Crippen molar-refractivity contribution in [1.29, 1.82) is 0 Å². The number of hydrogen-bond donors (Lipinski definition) is 3. The fraction of sp³-hybridized carbons (Fsp3) is 0.579. The normalized spacial score (nSPS) is 11.2. The SMILES string of the molecule is CCCC(O)(CCC)CNC(=O)c1cc(C)c(OCC(=O)O)c(C)c1. The van der Waals surface area contributed by atoms with Gasteiger partial charge in [0.25, 0.3) is 5.91 Å². The van der Waals surface area contributed by atoms with E-state index in [-0.39, 0.29) is 12.5 Å². The highest BCUT2D eigenvalue weighted by Gasteiger charge is 2.25. The first-order valence-corrected chi connectivity index (χ1v) is 8.68. The van der Waals surface area contributed by atoms with Gasteiger partial charge in [0, 0.05) is 12.1 Å². The van der Waals surface area contributed by atoms with Crippen LogP contribution in [-0.2, 0) is 4.79 Å². The average molecular weight is 351 g/mol. The van der Waals surface area contributed by atoms with Gasteiger partial charge in [0.1, 0.15) is 5.75 Å². The van der Waals surface area contributed by atoms with E-state index in [1.165, 1.54) is 0 Å². The minimum atomic E-state index is -1.05. The quantitative estimate of drug-likeness (QED) is 0.602. The van der Waals surface area contributed by atoms with E-state index in [9.17, 15) is 14.7 Å². The van der Waals surface area contributed by atoms with Crippen LogP contribution >= 0.6 is 0 Å². The Balaban J connectivity index is 2.83. The second-order valence-corrected chi connectivity index (χ2v) is 6.53. The monoisotopic (exact) mass is 351 g/mol. The summed E-state index contributed by atoms with van der Waals surface area (Å²) in [5, 5.41) is 22.1. The van der Waals surface area contributed by atoms with Crippen molar-refractivity contribution in [1.82, 2.24) is 5.32 Å². The van der Waals surface area contributed by atoms with E-state index < -0.39 is 18.2 Å². The van der Waals surface area contributed by atoms with Crippen molar-refractivity contribution >= 4 is 11.9 Å². The molecule has 0 aliphatic rings. The van der Waals surface area contributed by atoms with Crippen molar-refractivity contribution in [3.63, 3.8) is 0 Å². The molecule has 0 spiro atoms. The summed E-state index contributed by atoms with van der Waals surface area (Å²) in [6, 6.07) is 3.33. The van der Waals surface area contributed by atoms with E-state index in [1.807, 2.05) is 13.8 Å². The molecule has 0 bridgehead atoms. The second kappa shape index (κ2) is 9.42. The fourth-order valence-corrected chi connectivity index (χ4v) is 3.02. The van der Waals surface area contributed by atoms with Crippen LogP contribution in [0.4, 0.5) is 0 Å². The molecule has 6 nitrogen and oxygen atoms in total. The number of hydrogen-bond acceptors (Lipinski definition) is 4. The topological polar surface area (TPSA) is 95.9 Å². The van der Waals surface area contributed by atoms with Crippen LogP contribution < -0.4 is 10.1 Å². The predicted molar refractivity (Wildman–Crippen MR) is 96.1 cm³/mol. The molecule has 1 amide bonds. The van der Waals surface area contributed by atoms with Gasteiger partial charge in [0.15, 0.2) is 6.61 Å². The molecule has 0 radical (unpaired) electrons. The molecule has 0 aromatic heterocycles. The number of carbonyl (C=O) groups excluding carboxylic acids is 1. The number of carboxylic acids is 1. The Morgan fingerprint density at radius 2 is 1.64 bits per heavy atom. The van der Waals surface area contributed by atoms with Gasteiger partial charge in [-0.3, -0.25) is 4.79 Å². The van der Waals surface area contributed by atoms with Gasteiger partial charge < -0.3 is 20.3 Å². The van der Waals surface area contributed by atoms with Gasteiger partial charge >= 0.3 is 5.97 Å². The third-order valence-corrected chi connectivity index (χ3v) is 4.07. The highest BCUT2D eigenvalue weighted by atomic mass is 16.5. The third-order valence-electron chi connectivity index (χ3n) is 4.07. The molecule has 0 atom stereocenters. The maximum atomic E-state index is 12.4. The number of aliphatic carboxylic acids is 1.